The van der Waals surface area contributed by atoms with Crippen molar-refractivity contribution < 1.29 is 13.9 Å². The number of nitrogens with one attached hydrogen (secondary N) is 1. The predicted molar refractivity (Wildman–Crippen MR) is 68.3 cm³/mol. The summed E-state index contributed by atoms with van der Waals surface area (Å²) in [4.78, 5) is 19.8. The zero-order valence-corrected chi connectivity index (χ0v) is 10.5. The maximum atomic E-state index is 12.8. The van der Waals surface area contributed by atoms with Crippen LogP contribution in [-0.2, 0) is 4.74 Å². The number of halogens is 1. The van der Waals surface area contributed by atoms with E-state index in [1.165, 1.54) is 25.4 Å². The van der Waals surface area contributed by atoms with Crippen LogP contribution < -0.4 is 5.32 Å². The highest BCUT2D eigenvalue weighted by molar-refractivity contribution is 5.94. The largest absolute Gasteiger partial charge is 0.465 e. The van der Waals surface area contributed by atoms with Crippen molar-refractivity contribution in [1.82, 2.24) is 9.97 Å². The number of carbonyl (C=O) groups is 1. The number of hydrogen-bond donors (Lipinski definition) is 1. The van der Waals surface area contributed by atoms with Gasteiger partial charge in [0, 0.05) is 18.8 Å². The molecule has 0 saturated heterocycles. The summed E-state index contributed by atoms with van der Waals surface area (Å²) in [6.07, 6.45) is 1.38. The third-order valence-corrected chi connectivity index (χ3v) is 2.53. The van der Waals surface area contributed by atoms with Gasteiger partial charge in [-0.2, -0.15) is 0 Å². The number of esters is 1. The van der Waals surface area contributed by atoms with E-state index >= 15 is 0 Å². The van der Waals surface area contributed by atoms with E-state index in [9.17, 15) is 9.18 Å². The van der Waals surface area contributed by atoms with Crippen LogP contribution >= 0.6 is 0 Å². The molecule has 0 atom stereocenters. The minimum absolute atomic E-state index is 0.246. The van der Waals surface area contributed by atoms with Gasteiger partial charge >= 0.3 is 5.97 Å². The fourth-order valence-corrected chi connectivity index (χ4v) is 1.57. The van der Waals surface area contributed by atoms with Gasteiger partial charge in [0.15, 0.2) is 5.82 Å². The van der Waals surface area contributed by atoms with Crippen molar-refractivity contribution in [3.05, 3.63) is 41.8 Å². The van der Waals surface area contributed by atoms with E-state index in [4.69, 9.17) is 0 Å². The lowest BCUT2D eigenvalue weighted by atomic mass is 10.2. The zero-order chi connectivity index (χ0) is 13.8. The number of carbonyl (C=O) groups excluding carboxylic acids is 1. The molecule has 0 spiro atoms. The van der Waals surface area contributed by atoms with Crippen LogP contribution in [0, 0.1) is 5.82 Å². The molecule has 1 aromatic heterocycles. The fraction of sp³-hybridized carbons (Fsp3) is 0.154. The first-order valence-electron chi connectivity index (χ1n) is 5.54. The minimum atomic E-state index is -0.519. The molecule has 2 aromatic rings. The quantitative estimate of drug-likeness (QED) is 0.857. The van der Waals surface area contributed by atoms with Crippen molar-refractivity contribution in [3.63, 3.8) is 0 Å². The van der Waals surface area contributed by atoms with E-state index in [-0.39, 0.29) is 11.4 Å². The van der Waals surface area contributed by atoms with Gasteiger partial charge in [-0.05, 0) is 24.3 Å². The lowest BCUT2D eigenvalue weighted by Gasteiger charge is -2.08. The highest BCUT2D eigenvalue weighted by Gasteiger charge is 2.14. The zero-order valence-electron chi connectivity index (χ0n) is 10.5. The Hall–Kier alpha value is -2.50. The molecule has 1 heterocycles. The third kappa shape index (κ3) is 2.67. The van der Waals surface area contributed by atoms with Crippen LogP contribution in [0.15, 0.2) is 30.5 Å². The minimum Gasteiger partial charge on any atom is -0.465 e. The van der Waals surface area contributed by atoms with Gasteiger partial charge in [-0.3, -0.25) is 0 Å². The molecular formula is C13H12FN3O2. The van der Waals surface area contributed by atoms with Crippen LogP contribution in [-0.4, -0.2) is 30.1 Å². The molecule has 0 saturated carbocycles. The Labute approximate surface area is 109 Å². The van der Waals surface area contributed by atoms with Gasteiger partial charge in [-0.25, -0.2) is 19.2 Å². The topological polar surface area (TPSA) is 64.1 Å². The molecule has 0 bridgehead atoms. The Kier molecular flexibility index (Phi) is 3.70. The lowest BCUT2D eigenvalue weighted by Crippen LogP contribution is -2.09. The fourth-order valence-electron chi connectivity index (χ4n) is 1.57. The van der Waals surface area contributed by atoms with E-state index in [1.54, 1.807) is 19.2 Å². The number of hydrogen-bond acceptors (Lipinski definition) is 5. The summed E-state index contributed by atoms with van der Waals surface area (Å²) >= 11 is 0. The molecule has 1 aromatic carbocycles. The second-order valence-corrected chi connectivity index (χ2v) is 3.70. The molecule has 0 aliphatic carbocycles. The van der Waals surface area contributed by atoms with E-state index in [0.29, 0.717) is 17.2 Å². The van der Waals surface area contributed by atoms with Crippen LogP contribution in [0.4, 0.5) is 10.2 Å². The molecular weight excluding hydrogens is 249 g/mol. The second kappa shape index (κ2) is 5.43. The van der Waals surface area contributed by atoms with Crippen molar-refractivity contribution in [3.8, 4) is 11.4 Å². The molecule has 6 heteroatoms. The molecule has 98 valence electrons. The first kappa shape index (κ1) is 12.9. The highest BCUT2D eigenvalue weighted by atomic mass is 19.1. The molecule has 5 nitrogen and oxygen atoms in total. The standard InChI is InChI=1S/C13H12FN3O2/c1-15-12-10(13(18)19-2)7-16-11(17-12)8-3-5-9(14)6-4-8/h3-7H,1-2H3,(H,15,16,17). The van der Waals surface area contributed by atoms with Gasteiger partial charge in [-0.1, -0.05) is 0 Å². The number of rotatable bonds is 3. The predicted octanol–water partition coefficient (Wildman–Crippen LogP) is 2.11. The molecule has 0 unspecified atom stereocenters. The summed E-state index contributed by atoms with van der Waals surface area (Å²) in [7, 11) is 2.93. The van der Waals surface area contributed by atoms with Crippen molar-refractivity contribution in [2.75, 3.05) is 19.5 Å². The van der Waals surface area contributed by atoms with E-state index < -0.39 is 5.97 Å². The summed E-state index contributed by atoms with van der Waals surface area (Å²) in [6.45, 7) is 0. The Bertz CT molecular complexity index is 599. The SMILES string of the molecule is CNc1nc(-c2ccc(F)cc2)ncc1C(=O)OC. The number of aromatic nitrogens is 2. The van der Waals surface area contributed by atoms with E-state index in [1.807, 2.05) is 0 Å². The Balaban J connectivity index is 2.44. The van der Waals surface area contributed by atoms with Gasteiger partial charge in [-0.15, -0.1) is 0 Å². The molecule has 0 amide bonds. The van der Waals surface area contributed by atoms with Gasteiger partial charge in [0.25, 0.3) is 0 Å². The summed E-state index contributed by atoms with van der Waals surface area (Å²) < 4.78 is 17.5. The van der Waals surface area contributed by atoms with Crippen molar-refractivity contribution in [2.24, 2.45) is 0 Å². The molecule has 0 radical (unpaired) electrons. The first-order chi connectivity index (χ1) is 9.15. The smallest absolute Gasteiger partial charge is 0.343 e. The van der Waals surface area contributed by atoms with Crippen molar-refractivity contribution >= 4 is 11.8 Å². The number of ether oxygens (including phenoxy) is 1. The van der Waals surface area contributed by atoms with Crippen LogP contribution in [0.5, 0.6) is 0 Å². The monoisotopic (exact) mass is 261 g/mol. The third-order valence-electron chi connectivity index (χ3n) is 2.53. The van der Waals surface area contributed by atoms with Crippen LogP contribution in [0.1, 0.15) is 10.4 Å². The van der Waals surface area contributed by atoms with Crippen LogP contribution in [0.2, 0.25) is 0 Å². The van der Waals surface area contributed by atoms with E-state index in [2.05, 4.69) is 20.0 Å². The van der Waals surface area contributed by atoms with Crippen LogP contribution in [0.3, 0.4) is 0 Å². The average molecular weight is 261 g/mol. The van der Waals surface area contributed by atoms with Crippen molar-refractivity contribution in [1.29, 1.82) is 0 Å². The van der Waals surface area contributed by atoms with Crippen molar-refractivity contribution in [2.45, 2.75) is 0 Å². The lowest BCUT2D eigenvalue weighted by molar-refractivity contribution is 0.0601. The molecule has 0 fully saturated rings. The van der Waals surface area contributed by atoms with E-state index in [0.717, 1.165) is 0 Å². The number of benzene rings is 1. The molecule has 19 heavy (non-hydrogen) atoms. The first-order valence-corrected chi connectivity index (χ1v) is 5.54. The Morgan fingerprint density at radius 1 is 1.32 bits per heavy atom. The molecule has 0 aliphatic heterocycles. The summed E-state index contributed by atoms with van der Waals surface area (Å²) in [5.74, 6) is -0.0862. The normalized spacial score (nSPS) is 10.1. The van der Waals surface area contributed by atoms with Gasteiger partial charge in [0.1, 0.15) is 17.2 Å². The maximum Gasteiger partial charge on any atom is 0.343 e. The number of anilines is 1. The second-order valence-electron chi connectivity index (χ2n) is 3.70. The molecule has 0 aliphatic rings. The highest BCUT2D eigenvalue weighted by Crippen LogP contribution is 2.19. The van der Waals surface area contributed by atoms with Crippen LogP contribution in [0.25, 0.3) is 11.4 Å². The van der Waals surface area contributed by atoms with Gasteiger partial charge in [0.2, 0.25) is 0 Å². The Morgan fingerprint density at radius 2 is 2.00 bits per heavy atom. The summed E-state index contributed by atoms with van der Waals surface area (Å²) in [5, 5.41) is 2.81. The summed E-state index contributed by atoms with van der Waals surface area (Å²) in [6, 6.07) is 5.79. The van der Waals surface area contributed by atoms with Gasteiger partial charge < -0.3 is 10.1 Å². The number of nitrogens with zero attached hydrogens (tertiary/aromatic N) is 2. The molecule has 2 rings (SSSR count). The Morgan fingerprint density at radius 3 is 2.58 bits per heavy atom. The maximum absolute atomic E-state index is 12.8. The van der Waals surface area contributed by atoms with Gasteiger partial charge in [0.05, 0.1) is 7.11 Å². The summed E-state index contributed by atoms with van der Waals surface area (Å²) in [5.41, 5.74) is 0.908. The number of methoxy groups -OCH3 is 1. The average Bonchev–Trinajstić information content (AvgIpc) is 2.46. The molecule has 1 N–H and O–H groups in total.